The number of likely N-dealkylation sites (N-methyl/N-ethyl adjacent to an activating group) is 1. The maximum absolute atomic E-state index is 13.0. The minimum atomic E-state index is -0.684. The highest BCUT2D eigenvalue weighted by Gasteiger charge is 2.25. The Bertz CT molecular complexity index is 887. The van der Waals surface area contributed by atoms with Crippen molar-refractivity contribution in [1.29, 1.82) is 0 Å². The molecule has 0 aliphatic rings. The van der Waals surface area contributed by atoms with E-state index in [9.17, 15) is 14.4 Å². The highest BCUT2D eigenvalue weighted by Crippen LogP contribution is 2.13. The van der Waals surface area contributed by atoms with Crippen LogP contribution in [0.2, 0.25) is 0 Å². The van der Waals surface area contributed by atoms with Crippen LogP contribution in [0.15, 0.2) is 54.6 Å². The number of benzene rings is 2. The highest BCUT2D eigenvalue weighted by atomic mass is 16.5. The summed E-state index contributed by atoms with van der Waals surface area (Å²) in [5.74, 6) is -0.871. The van der Waals surface area contributed by atoms with Crippen molar-refractivity contribution < 1.29 is 19.1 Å². The van der Waals surface area contributed by atoms with Crippen molar-refractivity contribution in [2.24, 2.45) is 5.73 Å². The van der Waals surface area contributed by atoms with Crippen molar-refractivity contribution in [3.63, 3.8) is 0 Å². The summed E-state index contributed by atoms with van der Waals surface area (Å²) in [6, 6.07) is 15.6. The van der Waals surface area contributed by atoms with Crippen LogP contribution in [-0.4, -0.2) is 43.5 Å². The first kappa shape index (κ1) is 26.0. The second-order valence-electron chi connectivity index (χ2n) is 7.84. The van der Waals surface area contributed by atoms with E-state index in [4.69, 9.17) is 10.5 Å². The number of unbranched alkanes of at least 4 members (excludes halogenated alkanes) is 1. The van der Waals surface area contributed by atoms with Gasteiger partial charge in [-0.05, 0) is 62.5 Å². The molecule has 5 N–H and O–H groups in total. The van der Waals surface area contributed by atoms with Gasteiger partial charge in [-0.25, -0.2) is 0 Å². The van der Waals surface area contributed by atoms with Crippen LogP contribution >= 0.6 is 0 Å². The van der Waals surface area contributed by atoms with Crippen LogP contribution < -0.4 is 21.7 Å². The van der Waals surface area contributed by atoms with Gasteiger partial charge in [0.2, 0.25) is 11.8 Å². The van der Waals surface area contributed by atoms with Gasteiger partial charge in [-0.3, -0.25) is 14.4 Å². The predicted octanol–water partition coefficient (Wildman–Crippen LogP) is 2.13. The fraction of sp³-hybridized carbons (Fsp3) is 0.400. The Labute approximate surface area is 195 Å². The number of carbonyl (C=O) groups is 3. The second-order valence-corrected chi connectivity index (χ2v) is 7.84. The Hall–Kier alpha value is -3.23. The van der Waals surface area contributed by atoms with Crippen molar-refractivity contribution in [1.82, 2.24) is 10.6 Å². The van der Waals surface area contributed by atoms with Gasteiger partial charge in [-0.1, -0.05) is 42.5 Å². The minimum Gasteiger partial charge on any atom is -0.461 e. The number of carbonyl (C=O) groups excluding carboxylic acids is 3. The molecule has 178 valence electrons. The molecule has 2 aromatic rings. The molecule has 2 aromatic carbocycles. The molecule has 0 fully saturated rings. The van der Waals surface area contributed by atoms with Crippen LogP contribution in [0.4, 0.5) is 5.69 Å². The van der Waals surface area contributed by atoms with E-state index < -0.39 is 12.1 Å². The van der Waals surface area contributed by atoms with Crippen molar-refractivity contribution >= 4 is 23.5 Å². The van der Waals surface area contributed by atoms with Gasteiger partial charge in [0.25, 0.3) is 0 Å². The van der Waals surface area contributed by atoms with E-state index in [0.717, 1.165) is 24.0 Å². The van der Waals surface area contributed by atoms with E-state index in [2.05, 4.69) is 16.0 Å². The first-order valence-electron chi connectivity index (χ1n) is 11.2. The molecular weight excluding hydrogens is 420 g/mol. The molecule has 2 rings (SSSR count). The first-order valence-corrected chi connectivity index (χ1v) is 11.2. The van der Waals surface area contributed by atoms with Gasteiger partial charge in [-0.2, -0.15) is 0 Å². The lowest BCUT2D eigenvalue weighted by molar-refractivity contribution is -0.142. The third-order valence-corrected chi connectivity index (χ3v) is 5.19. The van der Waals surface area contributed by atoms with Gasteiger partial charge in [0, 0.05) is 12.6 Å². The molecule has 0 aliphatic heterocycles. The van der Waals surface area contributed by atoms with Crippen LogP contribution in [-0.2, 0) is 32.1 Å². The van der Waals surface area contributed by atoms with Crippen LogP contribution in [0, 0.1) is 0 Å². The molecule has 0 bridgehead atoms. The molecule has 0 spiro atoms. The zero-order valence-electron chi connectivity index (χ0n) is 19.3. The van der Waals surface area contributed by atoms with Crippen LogP contribution in [0.25, 0.3) is 0 Å². The van der Waals surface area contributed by atoms with E-state index in [1.807, 2.05) is 30.3 Å². The summed E-state index contributed by atoms with van der Waals surface area (Å²) in [7, 11) is 1.73. The largest absolute Gasteiger partial charge is 0.461 e. The maximum Gasteiger partial charge on any atom is 0.302 e. The maximum atomic E-state index is 13.0. The molecule has 8 heteroatoms. The molecule has 0 heterocycles. The lowest BCUT2D eigenvalue weighted by Gasteiger charge is -2.22. The Morgan fingerprint density at radius 2 is 1.61 bits per heavy atom. The molecule has 2 atom stereocenters. The molecule has 0 radical (unpaired) electrons. The molecule has 33 heavy (non-hydrogen) atoms. The zero-order chi connectivity index (χ0) is 24.1. The summed E-state index contributed by atoms with van der Waals surface area (Å²) >= 11 is 0. The van der Waals surface area contributed by atoms with Gasteiger partial charge in [0.05, 0.1) is 6.04 Å². The number of hydrogen-bond donors (Lipinski definition) is 4. The topological polar surface area (TPSA) is 123 Å². The van der Waals surface area contributed by atoms with Crippen molar-refractivity contribution in [2.45, 2.75) is 51.3 Å². The van der Waals surface area contributed by atoms with E-state index in [1.54, 1.807) is 31.3 Å². The number of hydrogen-bond acceptors (Lipinski definition) is 6. The summed E-state index contributed by atoms with van der Waals surface area (Å²) in [6.45, 7) is 2.06. The standard InChI is InChI=1S/C25H34N4O4/c1-18(30)33-17-20-11-13-21(14-12-20)28-24(31)22(10-6-7-15-26)29-25(32)23(27-2)16-19-8-4-3-5-9-19/h3-5,8-9,11-14,22-23,27H,6-7,10,15-17,26H2,1-2H3,(H,28,31)(H,29,32). The summed E-state index contributed by atoms with van der Waals surface area (Å²) in [6.07, 6.45) is 2.49. The van der Waals surface area contributed by atoms with Crippen LogP contribution in [0.3, 0.4) is 0 Å². The van der Waals surface area contributed by atoms with Gasteiger partial charge in [0.15, 0.2) is 0 Å². The van der Waals surface area contributed by atoms with E-state index in [1.165, 1.54) is 6.92 Å². The second kappa shape index (κ2) is 14.0. The SMILES string of the molecule is CNC(Cc1ccccc1)C(=O)NC(CCCCN)C(=O)Nc1ccc(COC(C)=O)cc1. The number of amides is 2. The van der Waals surface area contributed by atoms with Gasteiger partial charge in [0.1, 0.15) is 12.6 Å². The summed E-state index contributed by atoms with van der Waals surface area (Å²) in [5, 5.41) is 8.80. The molecule has 2 amide bonds. The Balaban J connectivity index is 2.01. The van der Waals surface area contributed by atoms with Gasteiger partial charge >= 0.3 is 5.97 Å². The number of nitrogens with two attached hydrogens (primary N) is 1. The molecule has 0 saturated carbocycles. The summed E-state index contributed by atoms with van der Waals surface area (Å²) < 4.78 is 4.97. The first-order chi connectivity index (χ1) is 15.9. The summed E-state index contributed by atoms with van der Waals surface area (Å²) in [5.41, 5.74) is 8.04. The third kappa shape index (κ3) is 9.43. The predicted molar refractivity (Wildman–Crippen MR) is 128 cm³/mol. The molecule has 0 aliphatic carbocycles. The number of anilines is 1. The number of esters is 1. The Morgan fingerprint density at radius 1 is 0.909 bits per heavy atom. The fourth-order valence-corrected chi connectivity index (χ4v) is 3.31. The van der Waals surface area contributed by atoms with Crippen LogP contribution in [0.1, 0.15) is 37.3 Å². The van der Waals surface area contributed by atoms with E-state index in [0.29, 0.717) is 25.1 Å². The van der Waals surface area contributed by atoms with Crippen molar-refractivity contribution in [3.05, 3.63) is 65.7 Å². The lowest BCUT2D eigenvalue weighted by Crippen LogP contribution is -2.51. The Morgan fingerprint density at radius 3 is 2.21 bits per heavy atom. The Kier molecular flexibility index (Phi) is 11.1. The number of ether oxygens (including phenoxy) is 1. The summed E-state index contributed by atoms with van der Waals surface area (Å²) in [4.78, 5) is 36.8. The molecular formula is C25H34N4O4. The van der Waals surface area contributed by atoms with E-state index >= 15 is 0 Å². The molecule has 0 saturated heterocycles. The molecule has 2 unspecified atom stereocenters. The zero-order valence-corrected chi connectivity index (χ0v) is 19.3. The van der Waals surface area contributed by atoms with Crippen molar-refractivity contribution in [3.8, 4) is 0 Å². The quantitative estimate of drug-likeness (QED) is 0.272. The fourth-order valence-electron chi connectivity index (χ4n) is 3.31. The molecule has 8 nitrogen and oxygen atoms in total. The van der Waals surface area contributed by atoms with Gasteiger partial charge in [-0.15, -0.1) is 0 Å². The molecule has 0 aromatic heterocycles. The van der Waals surface area contributed by atoms with Crippen LogP contribution in [0.5, 0.6) is 0 Å². The number of nitrogens with one attached hydrogen (secondary N) is 3. The average Bonchev–Trinajstić information content (AvgIpc) is 2.82. The van der Waals surface area contributed by atoms with Gasteiger partial charge < -0.3 is 26.4 Å². The monoisotopic (exact) mass is 454 g/mol. The minimum absolute atomic E-state index is 0.175. The normalized spacial score (nSPS) is 12.5. The highest BCUT2D eigenvalue weighted by molar-refractivity contribution is 5.97. The van der Waals surface area contributed by atoms with E-state index in [-0.39, 0.29) is 24.4 Å². The average molecular weight is 455 g/mol. The third-order valence-electron chi connectivity index (χ3n) is 5.19. The lowest BCUT2D eigenvalue weighted by atomic mass is 10.0. The smallest absolute Gasteiger partial charge is 0.302 e. The number of rotatable bonds is 13. The van der Waals surface area contributed by atoms with Crippen molar-refractivity contribution in [2.75, 3.05) is 18.9 Å².